The third-order valence-corrected chi connectivity index (χ3v) is 3.87. The van der Waals surface area contributed by atoms with Gasteiger partial charge in [0.25, 0.3) is 11.5 Å². The highest BCUT2D eigenvalue weighted by molar-refractivity contribution is 9.10. The van der Waals surface area contributed by atoms with Gasteiger partial charge in [0.15, 0.2) is 6.61 Å². The predicted octanol–water partition coefficient (Wildman–Crippen LogP) is 0.789. The van der Waals surface area contributed by atoms with Crippen LogP contribution in [0.1, 0.15) is 5.56 Å². The Kier molecular flexibility index (Phi) is 5.69. The van der Waals surface area contributed by atoms with E-state index in [0.717, 1.165) is 20.7 Å². The predicted molar refractivity (Wildman–Crippen MR) is 89.8 cm³/mol. The number of hydrogen-bond acceptors (Lipinski definition) is 5. The van der Waals surface area contributed by atoms with E-state index in [4.69, 9.17) is 4.74 Å². The van der Waals surface area contributed by atoms with E-state index in [0.29, 0.717) is 5.69 Å². The summed E-state index contributed by atoms with van der Waals surface area (Å²) in [7, 11) is 0. The average Bonchev–Trinajstić information content (AvgIpc) is 2.52. The summed E-state index contributed by atoms with van der Waals surface area (Å²) in [6.45, 7) is 1.03. The van der Waals surface area contributed by atoms with Gasteiger partial charge < -0.3 is 10.1 Å². The fourth-order valence-electron chi connectivity index (χ4n) is 1.77. The van der Waals surface area contributed by atoms with Gasteiger partial charge in [-0.25, -0.2) is 4.79 Å². The van der Waals surface area contributed by atoms with Gasteiger partial charge >= 0.3 is 11.7 Å². The number of carbonyl (C=O) groups is 2. The Labute approximate surface area is 144 Å². The minimum atomic E-state index is -0.774. The average molecular weight is 396 g/mol. The number of carbonyl (C=O) groups excluding carboxylic acids is 2. The second kappa shape index (κ2) is 7.73. The van der Waals surface area contributed by atoms with Crippen LogP contribution in [-0.2, 0) is 20.9 Å². The quantitative estimate of drug-likeness (QED) is 0.727. The summed E-state index contributed by atoms with van der Waals surface area (Å²) in [5.74, 6) is -1.28. The summed E-state index contributed by atoms with van der Waals surface area (Å²) in [5, 5.41) is 2.59. The lowest BCUT2D eigenvalue weighted by atomic mass is 10.2. The van der Waals surface area contributed by atoms with Crippen LogP contribution >= 0.6 is 15.9 Å². The molecule has 0 unspecified atom stereocenters. The molecule has 1 amide bonds. The lowest BCUT2D eigenvalue weighted by Crippen LogP contribution is -2.32. The summed E-state index contributed by atoms with van der Waals surface area (Å²) in [4.78, 5) is 47.8. The van der Waals surface area contributed by atoms with E-state index in [1.807, 2.05) is 18.0 Å². The van der Waals surface area contributed by atoms with Crippen molar-refractivity contribution in [3.8, 4) is 0 Å². The van der Waals surface area contributed by atoms with E-state index in [9.17, 15) is 19.2 Å². The SMILES string of the molecule is Cc1ccc(NC(=O)COC(=O)Cn2ccc(=O)[nH]c2=O)cc1Br. The Balaban J connectivity index is 1.86. The zero-order valence-corrected chi connectivity index (χ0v) is 14.3. The van der Waals surface area contributed by atoms with Crippen molar-refractivity contribution in [2.24, 2.45) is 0 Å². The summed E-state index contributed by atoms with van der Waals surface area (Å²) in [5.41, 5.74) is 0.290. The number of hydrogen-bond donors (Lipinski definition) is 2. The van der Waals surface area contributed by atoms with Crippen molar-refractivity contribution < 1.29 is 14.3 Å². The van der Waals surface area contributed by atoms with Crippen LogP contribution in [0, 0.1) is 6.92 Å². The molecule has 8 nitrogen and oxygen atoms in total. The molecule has 0 aliphatic rings. The number of amides is 1. The number of halogens is 1. The van der Waals surface area contributed by atoms with Crippen LogP contribution in [-0.4, -0.2) is 28.0 Å². The standard InChI is InChI=1S/C15H14BrN3O5/c1-9-2-3-10(6-11(9)16)17-13(21)8-24-14(22)7-19-5-4-12(20)18-15(19)23/h2-6H,7-8H2,1H3,(H,17,21)(H,18,20,23). The molecule has 24 heavy (non-hydrogen) atoms. The number of esters is 1. The van der Waals surface area contributed by atoms with Crippen LogP contribution < -0.4 is 16.6 Å². The number of nitrogens with one attached hydrogen (secondary N) is 2. The van der Waals surface area contributed by atoms with Gasteiger partial charge in [0.1, 0.15) is 6.54 Å². The number of benzene rings is 1. The highest BCUT2D eigenvalue weighted by atomic mass is 79.9. The lowest BCUT2D eigenvalue weighted by Gasteiger charge is -2.08. The molecule has 0 radical (unpaired) electrons. The van der Waals surface area contributed by atoms with Crippen LogP contribution in [0.4, 0.5) is 5.69 Å². The van der Waals surface area contributed by atoms with E-state index < -0.39 is 36.3 Å². The molecule has 1 heterocycles. The van der Waals surface area contributed by atoms with Gasteiger partial charge in [-0.3, -0.25) is 23.9 Å². The second-order valence-electron chi connectivity index (χ2n) is 4.91. The fourth-order valence-corrected chi connectivity index (χ4v) is 2.15. The maximum Gasteiger partial charge on any atom is 0.328 e. The number of aryl methyl sites for hydroxylation is 1. The first-order valence-corrected chi connectivity index (χ1v) is 7.66. The van der Waals surface area contributed by atoms with Gasteiger partial charge in [-0.05, 0) is 24.6 Å². The topological polar surface area (TPSA) is 110 Å². The van der Waals surface area contributed by atoms with Crippen molar-refractivity contribution >= 4 is 33.5 Å². The van der Waals surface area contributed by atoms with E-state index in [2.05, 4.69) is 21.2 Å². The molecule has 0 saturated heterocycles. The van der Waals surface area contributed by atoms with Crippen molar-refractivity contribution in [2.75, 3.05) is 11.9 Å². The summed E-state index contributed by atoms with van der Waals surface area (Å²) in [6, 6.07) is 6.39. The van der Waals surface area contributed by atoms with Crippen molar-refractivity contribution in [3.05, 3.63) is 61.3 Å². The molecular formula is C15H14BrN3O5. The Morgan fingerprint density at radius 2 is 2.04 bits per heavy atom. The highest BCUT2D eigenvalue weighted by Gasteiger charge is 2.10. The Morgan fingerprint density at radius 3 is 2.71 bits per heavy atom. The molecule has 9 heteroatoms. The molecule has 0 spiro atoms. The summed E-state index contributed by atoms with van der Waals surface area (Å²) < 4.78 is 6.62. The zero-order chi connectivity index (χ0) is 17.7. The Bertz CT molecular complexity index is 887. The first-order valence-electron chi connectivity index (χ1n) is 6.86. The normalized spacial score (nSPS) is 10.2. The van der Waals surface area contributed by atoms with Crippen molar-refractivity contribution in [3.63, 3.8) is 0 Å². The van der Waals surface area contributed by atoms with Crippen LogP contribution in [0.5, 0.6) is 0 Å². The van der Waals surface area contributed by atoms with Crippen molar-refractivity contribution in [2.45, 2.75) is 13.5 Å². The van der Waals surface area contributed by atoms with Crippen LogP contribution in [0.15, 0.2) is 44.5 Å². The number of nitrogens with zero attached hydrogens (tertiary/aromatic N) is 1. The molecule has 0 aliphatic carbocycles. The van der Waals surface area contributed by atoms with E-state index in [1.54, 1.807) is 12.1 Å². The molecule has 0 fully saturated rings. The largest absolute Gasteiger partial charge is 0.454 e. The van der Waals surface area contributed by atoms with Gasteiger partial charge in [0.05, 0.1) is 0 Å². The molecule has 0 saturated carbocycles. The smallest absolute Gasteiger partial charge is 0.328 e. The van der Waals surface area contributed by atoms with Gasteiger partial charge in [-0.1, -0.05) is 22.0 Å². The number of rotatable bonds is 5. The van der Waals surface area contributed by atoms with Gasteiger partial charge in [0.2, 0.25) is 0 Å². The van der Waals surface area contributed by atoms with Gasteiger partial charge in [-0.2, -0.15) is 0 Å². The van der Waals surface area contributed by atoms with E-state index in [-0.39, 0.29) is 0 Å². The Morgan fingerprint density at radius 1 is 1.29 bits per heavy atom. The van der Waals surface area contributed by atoms with Crippen LogP contribution in [0.25, 0.3) is 0 Å². The fraction of sp³-hybridized carbons (Fsp3) is 0.200. The third kappa shape index (κ3) is 4.92. The first-order chi connectivity index (χ1) is 11.3. The molecule has 126 valence electrons. The minimum absolute atomic E-state index is 0.404. The monoisotopic (exact) mass is 395 g/mol. The Hall–Kier alpha value is -2.68. The van der Waals surface area contributed by atoms with Crippen LogP contribution in [0.2, 0.25) is 0 Å². The number of anilines is 1. The van der Waals surface area contributed by atoms with Gasteiger partial charge in [-0.15, -0.1) is 0 Å². The maximum atomic E-state index is 11.8. The van der Waals surface area contributed by atoms with Crippen LogP contribution in [0.3, 0.4) is 0 Å². The minimum Gasteiger partial charge on any atom is -0.454 e. The molecule has 2 N–H and O–H groups in total. The third-order valence-electron chi connectivity index (χ3n) is 3.02. The number of H-pyrrole nitrogens is 1. The summed E-state index contributed by atoms with van der Waals surface area (Å²) in [6.07, 6.45) is 1.17. The molecule has 0 aliphatic heterocycles. The van der Waals surface area contributed by atoms with E-state index >= 15 is 0 Å². The van der Waals surface area contributed by atoms with Gasteiger partial charge in [0, 0.05) is 22.4 Å². The van der Waals surface area contributed by atoms with Crippen molar-refractivity contribution in [1.29, 1.82) is 0 Å². The van der Waals surface area contributed by atoms with E-state index in [1.165, 1.54) is 6.20 Å². The molecule has 0 atom stereocenters. The zero-order valence-electron chi connectivity index (χ0n) is 12.7. The number of aromatic nitrogens is 2. The molecular weight excluding hydrogens is 382 g/mol. The lowest BCUT2D eigenvalue weighted by molar-refractivity contribution is -0.148. The first kappa shape index (κ1) is 17.7. The molecule has 0 bridgehead atoms. The summed E-state index contributed by atoms with van der Waals surface area (Å²) >= 11 is 3.35. The molecule has 2 aromatic rings. The number of ether oxygens (including phenoxy) is 1. The maximum absolute atomic E-state index is 11.8. The van der Waals surface area contributed by atoms with Crippen molar-refractivity contribution in [1.82, 2.24) is 9.55 Å². The highest BCUT2D eigenvalue weighted by Crippen LogP contribution is 2.20. The molecule has 1 aromatic heterocycles. The number of aromatic amines is 1. The molecule has 1 aromatic carbocycles. The molecule has 2 rings (SSSR count). The second-order valence-corrected chi connectivity index (χ2v) is 5.77.